The first-order valence-electron chi connectivity index (χ1n) is 9.36. The molecule has 0 saturated heterocycles. The van der Waals surface area contributed by atoms with E-state index in [2.05, 4.69) is 10.4 Å². The molecule has 4 rings (SSSR count). The van der Waals surface area contributed by atoms with Crippen molar-refractivity contribution in [3.63, 3.8) is 0 Å². The fourth-order valence-electron chi connectivity index (χ4n) is 3.15. The first-order chi connectivity index (χ1) is 14.8. The maximum absolute atomic E-state index is 12.7. The predicted molar refractivity (Wildman–Crippen MR) is 107 cm³/mol. The Balaban J connectivity index is 1.36. The van der Waals surface area contributed by atoms with Crippen molar-refractivity contribution in [1.29, 1.82) is 0 Å². The Morgan fingerprint density at radius 3 is 2.61 bits per heavy atom. The molecule has 31 heavy (non-hydrogen) atoms. The number of carbonyl (C=O) groups excluding carboxylic acids is 1. The number of amides is 1. The second kappa shape index (κ2) is 8.17. The summed E-state index contributed by atoms with van der Waals surface area (Å²) in [5.74, 6) is 0.496. The highest BCUT2D eigenvalue weighted by molar-refractivity contribution is 5.88. The molecule has 1 amide bonds. The third-order valence-electron chi connectivity index (χ3n) is 4.78. The van der Waals surface area contributed by atoms with E-state index < -0.39 is 11.9 Å². The van der Waals surface area contributed by atoms with E-state index in [0.717, 1.165) is 27.3 Å². The Morgan fingerprint density at radius 2 is 1.94 bits per heavy atom. The lowest BCUT2D eigenvalue weighted by Gasteiger charge is -2.07. The smallest absolute Gasteiger partial charge is 0.435 e. The van der Waals surface area contributed by atoms with Gasteiger partial charge in [-0.2, -0.15) is 18.3 Å². The lowest BCUT2D eigenvalue weighted by Crippen LogP contribution is -2.24. The summed E-state index contributed by atoms with van der Waals surface area (Å²) >= 11 is 0. The first-order valence-corrected chi connectivity index (χ1v) is 9.36. The molecule has 9 heteroatoms. The van der Waals surface area contributed by atoms with Gasteiger partial charge in [-0.1, -0.05) is 12.1 Å². The van der Waals surface area contributed by atoms with Gasteiger partial charge in [0.1, 0.15) is 11.3 Å². The van der Waals surface area contributed by atoms with Crippen LogP contribution in [0.1, 0.15) is 16.8 Å². The Labute approximate surface area is 175 Å². The number of hydrogen-bond acceptors (Lipinski definition) is 4. The molecule has 1 N–H and O–H groups in total. The first kappa shape index (κ1) is 20.5. The van der Waals surface area contributed by atoms with Gasteiger partial charge in [-0.15, -0.1) is 0 Å². The molecule has 4 aromatic rings. The van der Waals surface area contributed by atoms with Crippen LogP contribution in [0.3, 0.4) is 0 Å². The zero-order valence-corrected chi connectivity index (χ0v) is 16.4. The van der Waals surface area contributed by atoms with Gasteiger partial charge in [0.05, 0.1) is 25.5 Å². The standard InChI is InChI=1S/C22H18F3N3O3/c1-30-17-6-7-18-15(13-31-19(18)11-17)10-21(29)26-12-14-2-4-16(5-3-14)28-9-8-20(27-28)22(23,24)25/h2-9,11,13H,10,12H2,1H3,(H,26,29). The second-order valence-electron chi connectivity index (χ2n) is 6.89. The van der Waals surface area contributed by atoms with Crippen LogP contribution in [0.4, 0.5) is 13.2 Å². The molecule has 0 aliphatic heterocycles. The number of rotatable bonds is 6. The van der Waals surface area contributed by atoms with Crippen LogP contribution in [0.5, 0.6) is 5.75 Å². The number of aromatic nitrogens is 2. The largest absolute Gasteiger partial charge is 0.497 e. The number of alkyl halides is 3. The molecule has 0 aliphatic rings. The zero-order chi connectivity index (χ0) is 22.0. The summed E-state index contributed by atoms with van der Waals surface area (Å²) in [5, 5.41) is 7.21. The monoisotopic (exact) mass is 429 g/mol. The van der Waals surface area contributed by atoms with Crippen molar-refractivity contribution in [1.82, 2.24) is 15.1 Å². The Kier molecular flexibility index (Phi) is 5.41. The lowest BCUT2D eigenvalue weighted by atomic mass is 10.1. The topological polar surface area (TPSA) is 69.3 Å². The normalized spacial score (nSPS) is 11.6. The molecule has 0 atom stereocenters. The van der Waals surface area contributed by atoms with Gasteiger partial charge in [0.15, 0.2) is 5.69 Å². The summed E-state index contributed by atoms with van der Waals surface area (Å²) in [7, 11) is 1.57. The third-order valence-corrected chi connectivity index (χ3v) is 4.78. The Bertz CT molecular complexity index is 1210. The third kappa shape index (κ3) is 4.55. The minimum atomic E-state index is -4.48. The van der Waals surface area contributed by atoms with Crippen LogP contribution < -0.4 is 10.1 Å². The highest BCUT2D eigenvalue weighted by atomic mass is 19.4. The van der Waals surface area contributed by atoms with E-state index in [0.29, 0.717) is 17.0 Å². The van der Waals surface area contributed by atoms with Gasteiger partial charge in [-0.05, 0) is 35.9 Å². The van der Waals surface area contributed by atoms with E-state index in [1.807, 2.05) is 6.07 Å². The van der Waals surface area contributed by atoms with Crippen molar-refractivity contribution in [2.45, 2.75) is 19.1 Å². The van der Waals surface area contributed by atoms with Gasteiger partial charge in [-0.3, -0.25) is 4.79 Å². The second-order valence-corrected chi connectivity index (χ2v) is 6.89. The van der Waals surface area contributed by atoms with Crippen molar-refractivity contribution in [2.24, 2.45) is 0 Å². The number of methoxy groups -OCH3 is 1. The molecule has 160 valence electrons. The van der Waals surface area contributed by atoms with Gasteiger partial charge in [0.2, 0.25) is 5.91 Å². The molecule has 2 aromatic carbocycles. The quantitative estimate of drug-likeness (QED) is 0.490. The molecule has 0 unspecified atom stereocenters. The molecular weight excluding hydrogens is 411 g/mol. The van der Waals surface area contributed by atoms with Crippen LogP contribution in [0.15, 0.2) is 65.4 Å². The number of benzene rings is 2. The van der Waals surface area contributed by atoms with E-state index >= 15 is 0 Å². The Morgan fingerprint density at radius 1 is 1.16 bits per heavy atom. The SMILES string of the molecule is COc1ccc2c(CC(=O)NCc3ccc(-n4ccc(C(F)(F)F)n4)cc3)coc2c1. The molecule has 0 aliphatic carbocycles. The molecular formula is C22H18F3N3O3. The molecule has 0 saturated carbocycles. The number of carbonyl (C=O) groups is 1. The predicted octanol–water partition coefficient (Wildman–Crippen LogP) is 4.50. The van der Waals surface area contributed by atoms with E-state index in [1.54, 1.807) is 49.8 Å². The van der Waals surface area contributed by atoms with Crippen LogP contribution in [0, 0.1) is 0 Å². The fourth-order valence-corrected chi connectivity index (χ4v) is 3.15. The van der Waals surface area contributed by atoms with Crippen LogP contribution in [-0.4, -0.2) is 22.8 Å². The summed E-state index contributed by atoms with van der Waals surface area (Å²) in [6.07, 6.45) is -1.52. The van der Waals surface area contributed by atoms with Crippen LogP contribution in [0.25, 0.3) is 16.7 Å². The minimum Gasteiger partial charge on any atom is -0.497 e. The Hall–Kier alpha value is -3.75. The van der Waals surface area contributed by atoms with Crippen molar-refractivity contribution in [2.75, 3.05) is 7.11 Å². The van der Waals surface area contributed by atoms with Crippen molar-refractivity contribution in [3.8, 4) is 11.4 Å². The van der Waals surface area contributed by atoms with E-state index in [1.165, 1.54) is 6.20 Å². The van der Waals surface area contributed by atoms with Gasteiger partial charge < -0.3 is 14.5 Å². The summed E-state index contributed by atoms with van der Waals surface area (Å²) in [6.45, 7) is 0.287. The minimum absolute atomic E-state index is 0.158. The van der Waals surface area contributed by atoms with Crippen molar-refractivity contribution < 1.29 is 27.1 Å². The summed E-state index contributed by atoms with van der Waals surface area (Å²) in [5.41, 5.74) is 1.76. The number of halogens is 3. The molecule has 2 heterocycles. The molecule has 0 radical (unpaired) electrons. The maximum Gasteiger partial charge on any atom is 0.435 e. The van der Waals surface area contributed by atoms with E-state index in [4.69, 9.17) is 9.15 Å². The number of ether oxygens (including phenoxy) is 1. The van der Waals surface area contributed by atoms with E-state index in [-0.39, 0.29) is 18.9 Å². The number of hydrogen-bond donors (Lipinski definition) is 1. The summed E-state index contributed by atoms with van der Waals surface area (Å²) in [4.78, 5) is 12.3. The van der Waals surface area contributed by atoms with Gasteiger partial charge >= 0.3 is 6.18 Å². The van der Waals surface area contributed by atoms with Gasteiger partial charge in [-0.25, -0.2) is 4.68 Å². The summed E-state index contributed by atoms with van der Waals surface area (Å²) in [6, 6.07) is 13.1. The number of fused-ring (bicyclic) bond motifs is 1. The average molecular weight is 429 g/mol. The van der Waals surface area contributed by atoms with E-state index in [9.17, 15) is 18.0 Å². The lowest BCUT2D eigenvalue weighted by molar-refractivity contribution is -0.141. The molecule has 0 fully saturated rings. The fraction of sp³-hybridized carbons (Fsp3) is 0.182. The van der Waals surface area contributed by atoms with Crippen molar-refractivity contribution >= 4 is 16.9 Å². The van der Waals surface area contributed by atoms with Gasteiger partial charge in [0.25, 0.3) is 0 Å². The highest BCUT2D eigenvalue weighted by Crippen LogP contribution is 2.28. The maximum atomic E-state index is 12.7. The molecule has 2 aromatic heterocycles. The molecule has 0 bridgehead atoms. The number of nitrogens with zero attached hydrogens (tertiary/aromatic N) is 2. The van der Waals surface area contributed by atoms with Crippen LogP contribution in [-0.2, 0) is 23.9 Å². The van der Waals surface area contributed by atoms with Gasteiger partial charge in [0, 0.05) is 29.8 Å². The highest BCUT2D eigenvalue weighted by Gasteiger charge is 2.33. The zero-order valence-electron chi connectivity index (χ0n) is 16.4. The number of furan rings is 1. The number of nitrogens with one attached hydrogen (secondary N) is 1. The van der Waals surface area contributed by atoms with Crippen LogP contribution in [0.2, 0.25) is 0 Å². The summed E-state index contributed by atoms with van der Waals surface area (Å²) < 4.78 is 49.9. The molecule has 0 spiro atoms. The van der Waals surface area contributed by atoms with Crippen molar-refractivity contribution in [3.05, 3.63) is 77.8 Å². The average Bonchev–Trinajstić information content (AvgIpc) is 3.40. The van der Waals surface area contributed by atoms with Crippen LogP contribution >= 0.6 is 0 Å². The molecule has 6 nitrogen and oxygen atoms in total.